The molecule has 30 heavy (non-hydrogen) atoms. The van der Waals surface area contributed by atoms with Gasteiger partial charge in [-0.1, -0.05) is 30.3 Å². The Morgan fingerprint density at radius 1 is 1.00 bits per heavy atom. The molecular weight excluding hydrogens is 380 g/mol. The number of nitrogens with zero attached hydrogens (tertiary/aromatic N) is 3. The third kappa shape index (κ3) is 5.73. The van der Waals surface area contributed by atoms with Crippen LogP contribution in [0, 0.1) is 0 Å². The van der Waals surface area contributed by atoms with Crippen LogP contribution in [0.15, 0.2) is 54.6 Å². The maximum atomic E-state index is 12.7. The highest BCUT2D eigenvalue weighted by Gasteiger charge is 2.28. The summed E-state index contributed by atoms with van der Waals surface area (Å²) in [5.41, 5.74) is 1.84. The molecule has 1 aliphatic rings. The minimum absolute atomic E-state index is 0.0151. The molecule has 1 aliphatic heterocycles. The van der Waals surface area contributed by atoms with Crippen LogP contribution in [0.3, 0.4) is 0 Å². The van der Waals surface area contributed by atoms with Crippen LogP contribution in [-0.4, -0.2) is 73.0 Å². The van der Waals surface area contributed by atoms with Crippen molar-refractivity contribution in [1.82, 2.24) is 14.7 Å². The fourth-order valence-corrected chi connectivity index (χ4v) is 3.37. The molecule has 2 aromatic carbocycles. The molecular formula is C23H30N4O3. The van der Waals surface area contributed by atoms with E-state index in [4.69, 9.17) is 4.74 Å². The van der Waals surface area contributed by atoms with Crippen LogP contribution >= 0.6 is 0 Å². The van der Waals surface area contributed by atoms with Gasteiger partial charge < -0.3 is 19.9 Å². The summed E-state index contributed by atoms with van der Waals surface area (Å²) in [7, 11) is 3.51. The van der Waals surface area contributed by atoms with Gasteiger partial charge in [-0.15, -0.1) is 0 Å². The molecule has 3 rings (SSSR count). The van der Waals surface area contributed by atoms with Crippen LogP contribution < -0.4 is 10.1 Å². The summed E-state index contributed by atoms with van der Waals surface area (Å²) < 4.78 is 5.78. The van der Waals surface area contributed by atoms with Crippen molar-refractivity contribution in [2.45, 2.75) is 19.6 Å². The van der Waals surface area contributed by atoms with Gasteiger partial charge in [-0.05, 0) is 36.8 Å². The Balaban J connectivity index is 1.46. The molecule has 1 atom stereocenters. The minimum Gasteiger partial charge on any atom is -0.489 e. The Hall–Kier alpha value is -3.06. The molecule has 160 valence electrons. The molecule has 7 heteroatoms. The fraction of sp³-hybridized carbons (Fsp3) is 0.391. The second kappa shape index (κ2) is 10.1. The lowest BCUT2D eigenvalue weighted by atomic mass is 10.2. The van der Waals surface area contributed by atoms with E-state index in [0.29, 0.717) is 32.8 Å². The number of ether oxygens (including phenoxy) is 1. The van der Waals surface area contributed by atoms with E-state index in [-0.39, 0.29) is 18.0 Å². The van der Waals surface area contributed by atoms with E-state index >= 15 is 0 Å². The average Bonchev–Trinajstić information content (AvgIpc) is 2.78. The van der Waals surface area contributed by atoms with Gasteiger partial charge in [-0.3, -0.25) is 9.69 Å². The molecule has 7 nitrogen and oxygen atoms in total. The average molecular weight is 411 g/mol. The first-order valence-electron chi connectivity index (χ1n) is 10.2. The first kappa shape index (κ1) is 21.6. The van der Waals surface area contributed by atoms with E-state index in [1.807, 2.05) is 66.4 Å². The number of hydrogen-bond donors (Lipinski definition) is 1. The number of rotatable bonds is 6. The second-order valence-corrected chi connectivity index (χ2v) is 7.66. The molecule has 2 aromatic rings. The normalized spacial score (nSPS) is 15.4. The molecule has 0 radical (unpaired) electrons. The number of anilines is 1. The predicted molar refractivity (Wildman–Crippen MR) is 118 cm³/mol. The zero-order valence-electron chi connectivity index (χ0n) is 17.9. The Bertz CT molecular complexity index is 831. The lowest BCUT2D eigenvalue weighted by molar-refractivity contribution is -0.121. The largest absolute Gasteiger partial charge is 0.489 e. The summed E-state index contributed by atoms with van der Waals surface area (Å²) in [6, 6.07) is 17.1. The molecule has 1 saturated heterocycles. The number of amides is 3. The predicted octanol–water partition coefficient (Wildman–Crippen LogP) is 2.89. The third-order valence-electron chi connectivity index (χ3n) is 5.26. The molecule has 0 spiro atoms. The molecule has 1 N–H and O–H groups in total. The lowest BCUT2D eigenvalue weighted by Crippen LogP contribution is -2.55. The van der Waals surface area contributed by atoms with Crippen molar-refractivity contribution < 1.29 is 14.3 Å². The van der Waals surface area contributed by atoms with E-state index in [9.17, 15) is 9.59 Å². The molecule has 1 unspecified atom stereocenters. The van der Waals surface area contributed by atoms with E-state index in [1.165, 1.54) is 0 Å². The number of piperazine rings is 1. The number of benzene rings is 2. The Kier molecular flexibility index (Phi) is 7.30. The van der Waals surface area contributed by atoms with Crippen molar-refractivity contribution in [1.29, 1.82) is 0 Å². The number of nitrogens with one attached hydrogen (secondary N) is 1. The van der Waals surface area contributed by atoms with Crippen molar-refractivity contribution in [3.63, 3.8) is 0 Å². The van der Waals surface area contributed by atoms with Crippen LogP contribution in [0.1, 0.15) is 12.5 Å². The third-order valence-corrected chi connectivity index (χ3v) is 5.26. The molecule has 0 saturated carbocycles. The standard InChI is InChI=1S/C23H30N4O3/c1-18(26-13-15-27(16-14-26)23(29)25(2)3)22(28)24-20-9-11-21(12-10-20)30-17-19-7-5-4-6-8-19/h4-12,18H,13-17H2,1-3H3,(H,24,28). The van der Waals surface area contributed by atoms with Crippen LogP contribution in [0.5, 0.6) is 5.75 Å². The Morgan fingerprint density at radius 3 is 2.23 bits per heavy atom. The van der Waals surface area contributed by atoms with Gasteiger partial charge in [0.05, 0.1) is 6.04 Å². The minimum atomic E-state index is -0.268. The van der Waals surface area contributed by atoms with Crippen molar-refractivity contribution in [3.05, 3.63) is 60.2 Å². The number of urea groups is 1. The summed E-state index contributed by atoms with van der Waals surface area (Å²) in [6.07, 6.45) is 0. The monoisotopic (exact) mass is 410 g/mol. The van der Waals surface area contributed by atoms with Crippen molar-refractivity contribution in [2.75, 3.05) is 45.6 Å². The Morgan fingerprint density at radius 2 is 1.63 bits per heavy atom. The summed E-state index contributed by atoms with van der Waals surface area (Å²) in [5, 5.41) is 2.97. The Labute approximate surface area is 178 Å². The number of carbonyl (C=O) groups is 2. The maximum Gasteiger partial charge on any atom is 0.319 e. The molecule has 1 heterocycles. The van der Waals surface area contributed by atoms with Gasteiger partial charge >= 0.3 is 6.03 Å². The van der Waals surface area contributed by atoms with Crippen molar-refractivity contribution in [3.8, 4) is 5.75 Å². The zero-order chi connectivity index (χ0) is 21.5. The second-order valence-electron chi connectivity index (χ2n) is 7.66. The fourth-order valence-electron chi connectivity index (χ4n) is 3.37. The first-order chi connectivity index (χ1) is 14.4. The van der Waals surface area contributed by atoms with E-state index in [2.05, 4.69) is 10.2 Å². The first-order valence-corrected chi connectivity index (χ1v) is 10.2. The summed E-state index contributed by atoms with van der Waals surface area (Å²) in [6.45, 7) is 5.02. The van der Waals surface area contributed by atoms with Crippen LogP contribution in [0.25, 0.3) is 0 Å². The van der Waals surface area contributed by atoms with Crippen LogP contribution in [-0.2, 0) is 11.4 Å². The molecule has 0 bridgehead atoms. The smallest absolute Gasteiger partial charge is 0.319 e. The van der Waals surface area contributed by atoms with Gasteiger partial charge in [-0.2, -0.15) is 0 Å². The van der Waals surface area contributed by atoms with Crippen molar-refractivity contribution >= 4 is 17.6 Å². The molecule has 1 fully saturated rings. The van der Waals surface area contributed by atoms with Crippen LogP contribution in [0.4, 0.5) is 10.5 Å². The molecule has 0 aliphatic carbocycles. The quantitative estimate of drug-likeness (QED) is 0.795. The summed E-state index contributed by atoms with van der Waals surface area (Å²) >= 11 is 0. The lowest BCUT2D eigenvalue weighted by Gasteiger charge is -2.38. The van der Waals surface area contributed by atoms with E-state index in [1.54, 1.807) is 19.0 Å². The van der Waals surface area contributed by atoms with Gasteiger partial charge in [0, 0.05) is 46.0 Å². The van der Waals surface area contributed by atoms with Crippen LogP contribution in [0.2, 0.25) is 0 Å². The van der Waals surface area contributed by atoms with E-state index < -0.39 is 0 Å². The van der Waals surface area contributed by atoms with Gasteiger partial charge in [-0.25, -0.2) is 4.79 Å². The van der Waals surface area contributed by atoms with Gasteiger partial charge in [0.25, 0.3) is 0 Å². The topological polar surface area (TPSA) is 65.1 Å². The van der Waals surface area contributed by atoms with Crippen molar-refractivity contribution in [2.24, 2.45) is 0 Å². The number of hydrogen-bond acceptors (Lipinski definition) is 4. The molecule has 0 aromatic heterocycles. The maximum absolute atomic E-state index is 12.7. The highest BCUT2D eigenvalue weighted by molar-refractivity contribution is 5.94. The van der Waals surface area contributed by atoms with E-state index in [0.717, 1.165) is 17.0 Å². The molecule has 3 amide bonds. The SMILES string of the molecule is CC(C(=O)Nc1ccc(OCc2ccccc2)cc1)N1CCN(C(=O)N(C)C)CC1. The summed E-state index contributed by atoms with van der Waals surface area (Å²) in [5.74, 6) is 0.701. The summed E-state index contributed by atoms with van der Waals surface area (Å²) in [4.78, 5) is 30.2. The highest BCUT2D eigenvalue weighted by atomic mass is 16.5. The highest BCUT2D eigenvalue weighted by Crippen LogP contribution is 2.18. The number of carbonyl (C=O) groups excluding carboxylic acids is 2. The van der Waals surface area contributed by atoms with Gasteiger partial charge in [0.15, 0.2) is 0 Å². The van der Waals surface area contributed by atoms with Gasteiger partial charge in [0.2, 0.25) is 5.91 Å². The van der Waals surface area contributed by atoms with Gasteiger partial charge in [0.1, 0.15) is 12.4 Å². The zero-order valence-corrected chi connectivity index (χ0v) is 17.9.